The second-order valence-electron chi connectivity index (χ2n) is 3.71. The molecule has 5 nitrogen and oxygen atoms in total. The van der Waals surface area contributed by atoms with Crippen molar-refractivity contribution in [2.24, 2.45) is 0 Å². The second-order valence-corrected chi connectivity index (χ2v) is 3.71. The summed E-state index contributed by atoms with van der Waals surface area (Å²) >= 11 is 0. The fourth-order valence-electron chi connectivity index (χ4n) is 0.714. The summed E-state index contributed by atoms with van der Waals surface area (Å²) in [5.74, 6) is 0. The third-order valence-corrected chi connectivity index (χ3v) is 2.14. The highest BCUT2D eigenvalue weighted by Gasteiger charge is 2.42. The zero-order valence-corrected chi connectivity index (χ0v) is 8.70. The molecule has 0 fully saturated rings. The van der Waals surface area contributed by atoms with Gasteiger partial charge in [0.25, 0.3) is 0 Å². The molecule has 0 bridgehead atoms. The maximum atomic E-state index is 8.66. The lowest BCUT2D eigenvalue weighted by Gasteiger charge is -2.39. The Kier molecular flexibility index (Phi) is 4.34. The Balaban J connectivity index is 4.40. The Labute approximate surface area is 78.7 Å². The minimum atomic E-state index is -1.82. The normalized spacial score (nSPS) is 13.2. The smallest absolute Gasteiger partial charge is 0.402 e. The van der Waals surface area contributed by atoms with Crippen LogP contribution in [0.2, 0.25) is 0 Å². The van der Waals surface area contributed by atoms with Crippen LogP contribution in [-0.4, -0.2) is 35.7 Å². The van der Waals surface area contributed by atoms with Crippen LogP contribution in [0.15, 0.2) is 0 Å². The Hall–Kier alpha value is -0.135. The Bertz CT molecular complexity index is 157. The zero-order chi connectivity index (χ0) is 10.7. The molecule has 0 amide bonds. The van der Waals surface area contributed by atoms with Crippen molar-refractivity contribution in [3.05, 3.63) is 0 Å². The molecule has 0 aromatic heterocycles. The van der Waals surface area contributed by atoms with Crippen LogP contribution < -0.4 is 0 Å². The molecule has 0 aromatic rings. The van der Waals surface area contributed by atoms with E-state index in [9.17, 15) is 0 Å². The lowest BCUT2D eigenvalue weighted by atomic mass is 9.88. The lowest BCUT2D eigenvalue weighted by molar-refractivity contribution is -0.365. The van der Waals surface area contributed by atoms with Gasteiger partial charge in [0, 0.05) is 0 Å². The maximum absolute atomic E-state index is 8.66. The van der Waals surface area contributed by atoms with E-state index in [0.29, 0.717) is 0 Å². The molecule has 0 aliphatic carbocycles. The molecular formula is C7H17BO5. The predicted octanol–water partition coefficient (Wildman–Crippen LogP) is 0.108. The van der Waals surface area contributed by atoms with Crippen LogP contribution in [0.5, 0.6) is 0 Å². The minimum Gasteiger partial charge on any atom is -0.402 e. The Morgan fingerprint density at radius 1 is 1.00 bits per heavy atom. The Morgan fingerprint density at radius 3 is 1.77 bits per heavy atom. The zero-order valence-electron chi connectivity index (χ0n) is 8.70. The van der Waals surface area contributed by atoms with Crippen molar-refractivity contribution < 1.29 is 24.5 Å². The molecule has 6 heteroatoms. The van der Waals surface area contributed by atoms with E-state index in [4.69, 9.17) is 19.6 Å². The molecule has 13 heavy (non-hydrogen) atoms. The predicted molar refractivity (Wildman–Crippen MR) is 47.5 cm³/mol. The largest absolute Gasteiger partial charge is 0.634 e. The molecule has 0 rings (SSSR count). The van der Waals surface area contributed by atoms with Gasteiger partial charge in [-0.2, -0.15) is 0 Å². The fourth-order valence-corrected chi connectivity index (χ4v) is 0.714. The van der Waals surface area contributed by atoms with Crippen molar-refractivity contribution >= 4 is 7.32 Å². The van der Waals surface area contributed by atoms with Gasteiger partial charge in [-0.1, -0.05) is 0 Å². The molecule has 0 spiro atoms. The van der Waals surface area contributed by atoms with Crippen LogP contribution in [0.25, 0.3) is 0 Å². The molecule has 0 atom stereocenters. The standard InChI is InChI=1S/C7H17BO5/c1-6(2,12-8(9)10)7(3,4)13-11-5/h9-10H,1-5H3. The van der Waals surface area contributed by atoms with E-state index < -0.39 is 18.5 Å². The van der Waals surface area contributed by atoms with Crippen molar-refractivity contribution in [1.82, 2.24) is 0 Å². The summed E-state index contributed by atoms with van der Waals surface area (Å²) in [6.45, 7) is 6.79. The molecule has 0 radical (unpaired) electrons. The van der Waals surface area contributed by atoms with Gasteiger partial charge in [0.05, 0.1) is 12.7 Å². The van der Waals surface area contributed by atoms with Gasteiger partial charge in [0.15, 0.2) is 0 Å². The van der Waals surface area contributed by atoms with E-state index in [0.717, 1.165) is 0 Å². The topological polar surface area (TPSA) is 68.2 Å². The summed E-state index contributed by atoms with van der Waals surface area (Å²) in [5, 5.41) is 17.3. The van der Waals surface area contributed by atoms with Gasteiger partial charge in [0.1, 0.15) is 5.60 Å². The first kappa shape index (κ1) is 12.9. The highest BCUT2D eigenvalue weighted by Crippen LogP contribution is 2.29. The van der Waals surface area contributed by atoms with Gasteiger partial charge < -0.3 is 14.7 Å². The van der Waals surface area contributed by atoms with E-state index in [1.165, 1.54) is 7.11 Å². The molecule has 0 heterocycles. The van der Waals surface area contributed by atoms with Crippen LogP contribution >= 0.6 is 0 Å². The van der Waals surface area contributed by atoms with Gasteiger partial charge in [-0.25, -0.2) is 9.78 Å². The Morgan fingerprint density at radius 2 is 1.46 bits per heavy atom. The first-order chi connectivity index (χ1) is 5.73. The number of hydrogen-bond donors (Lipinski definition) is 2. The van der Waals surface area contributed by atoms with E-state index in [2.05, 4.69) is 4.89 Å². The molecule has 0 aliphatic heterocycles. The molecule has 0 unspecified atom stereocenters. The molecule has 0 aliphatic rings. The summed E-state index contributed by atoms with van der Waals surface area (Å²) in [4.78, 5) is 9.48. The number of hydrogen-bond acceptors (Lipinski definition) is 5. The lowest BCUT2D eigenvalue weighted by Crippen LogP contribution is -2.52. The average molecular weight is 192 g/mol. The van der Waals surface area contributed by atoms with E-state index >= 15 is 0 Å². The van der Waals surface area contributed by atoms with Gasteiger partial charge in [0.2, 0.25) is 0 Å². The summed E-state index contributed by atoms with van der Waals surface area (Å²) in [6, 6.07) is 0. The summed E-state index contributed by atoms with van der Waals surface area (Å²) in [7, 11) is -0.442. The quantitative estimate of drug-likeness (QED) is 0.367. The van der Waals surface area contributed by atoms with Crippen molar-refractivity contribution in [3.63, 3.8) is 0 Å². The molecular weight excluding hydrogens is 175 g/mol. The van der Waals surface area contributed by atoms with Crippen LogP contribution in [0, 0.1) is 0 Å². The SMILES string of the molecule is COOC(C)(C)C(C)(C)OB(O)O. The minimum absolute atomic E-state index is 0.786. The van der Waals surface area contributed by atoms with Crippen LogP contribution in [0.3, 0.4) is 0 Å². The molecule has 2 N–H and O–H groups in total. The van der Waals surface area contributed by atoms with Gasteiger partial charge in [-0.3, -0.25) is 0 Å². The summed E-state index contributed by atoms with van der Waals surface area (Å²) in [5.41, 5.74) is -1.66. The van der Waals surface area contributed by atoms with Gasteiger partial charge in [-0.15, -0.1) is 0 Å². The van der Waals surface area contributed by atoms with E-state index in [-0.39, 0.29) is 0 Å². The third-order valence-electron chi connectivity index (χ3n) is 2.14. The highest BCUT2D eigenvalue weighted by atomic mass is 17.2. The van der Waals surface area contributed by atoms with E-state index in [1.54, 1.807) is 27.7 Å². The molecule has 0 aromatic carbocycles. The maximum Gasteiger partial charge on any atom is 0.634 e. The van der Waals surface area contributed by atoms with Gasteiger partial charge >= 0.3 is 7.32 Å². The van der Waals surface area contributed by atoms with Crippen molar-refractivity contribution in [3.8, 4) is 0 Å². The number of rotatable bonds is 5. The van der Waals surface area contributed by atoms with Crippen molar-refractivity contribution in [2.45, 2.75) is 38.9 Å². The third kappa shape index (κ3) is 3.62. The second kappa shape index (κ2) is 4.39. The van der Waals surface area contributed by atoms with Crippen molar-refractivity contribution in [1.29, 1.82) is 0 Å². The highest BCUT2D eigenvalue weighted by molar-refractivity contribution is 6.32. The molecule has 0 saturated carbocycles. The summed E-state index contributed by atoms with van der Waals surface area (Å²) in [6.07, 6.45) is 0. The van der Waals surface area contributed by atoms with Crippen LogP contribution in [-0.2, 0) is 14.4 Å². The van der Waals surface area contributed by atoms with Gasteiger partial charge in [-0.05, 0) is 27.7 Å². The van der Waals surface area contributed by atoms with Crippen LogP contribution in [0.1, 0.15) is 27.7 Å². The molecule has 0 saturated heterocycles. The average Bonchev–Trinajstić information content (AvgIpc) is 1.82. The fraction of sp³-hybridized carbons (Fsp3) is 1.00. The van der Waals surface area contributed by atoms with Crippen LogP contribution in [0.4, 0.5) is 0 Å². The van der Waals surface area contributed by atoms with E-state index in [1.807, 2.05) is 0 Å². The summed E-state index contributed by atoms with van der Waals surface area (Å²) < 4.78 is 4.86. The molecule has 78 valence electrons. The monoisotopic (exact) mass is 192 g/mol. The van der Waals surface area contributed by atoms with Crippen molar-refractivity contribution in [2.75, 3.05) is 7.11 Å². The first-order valence-electron chi connectivity index (χ1n) is 3.99. The first-order valence-corrected chi connectivity index (χ1v) is 3.99.